The minimum absolute atomic E-state index is 0.0316. The van der Waals surface area contributed by atoms with Crippen LogP contribution in [0.4, 0.5) is 4.39 Å². The van der Waals surface area contributed by atoms with Crippen LogP contribution in [0.5, 0.6) is 5.75 Å². The van der Waals surface area contributed by atoms with Crippen molar-refractivity contribution in [2.75, 3.05) is 33.4 Å². The topological polar surface area (TPSA) is 89.6 Å². The number of hydrogen-bond acceptors (Lipinski definition) is 6. The number of halogens is 1. The normalized spacial score (nSPS) is 18.8. The zero-order valence-corrected chi connectivity index (χ0v) is 20.3. The molecule has 0 amide bonds. The number of nitriles is 1. The molecule has 4 rings (SSSR count). The van der Waals surface area contributed by atoms with Crippen LogP contribution in [0, 0.1) is 40.8 Å². The van der Waals surface area contributed by atoms with Crippen molar-refractivity contribution in [3.8, 4) is 23.7 Å². The number of fused-ring (bicyclic) bond motifs is 1. The van der Waals surface area contributed by atoms with Gasteiger partial charge in [-0.25, -0.2) is 4.39 Å². The van der Waals surface area contributed by atoms with E-state index in [-0.39, 0.29) is 18.1 Å². The van der Waals surface area contributed by atoms with Gasteiger partial charge in [0.2, 0.25) is 0 Å². The highest BCUT2D eigenvalue weighted by Crippen LogP contribution is 2.33. The van der Waals surface area contributed by atoms with Gasteiger partial charge in [-0.3, -0.25) is 9.88 Å². The second-order valence-electron chi connectivity index (χ2n) is 9.18. The molecule has 186 valence electrons. The molecule has 7 heteroatoms. The summed E-state index contributed by atoms with van der Waals surface area (Å²) in [6.07, 6.45) is 3.37. The first-order valence-electron chi connectivity index (χ1n) is 12.2. The van der Waals surface area contributed by atoms with Crippen molar-refractivity contribution in [3.05, 3.63) is 71.2 Å². The van der Waals surface area contributed by atoms with Gasteiger partial charge in [0, 0.05) is 30.3 Å². The summed E-state index contributed by atoms with van der Waals surface area (Å²) in [6, 6.07) is 13.8. The van der Waals surface area contributed by atoms with Crippen LogP contribution >= 0.6 is 0 Å². The second-order valence-corrected chi connectivity index (χ2v) is 9.18. The van der Waals surface area contributed by atoms with Crippen molar-refractivity contribution in [1.82, 2.24) is 9.88 Å². The Kier molecular flexibility index (Phi) is 8.51. The summed E-state index contributed by atoms with van der Waals surface area (Å²) < 4.78 is 19.1. The van der Waals surface area contributed by atoms with Crippen molar-refractivity contribution in [2.45, 2.75) is 25.4 Å². The molecule has 3 aromatic rings. The molecule has 0 aliphatic carbocycles. The van der Waals surface area contributed by atoms with Crippen LogP contribution in [0.15, 0.2) is 48.7 Å². The minimum atomic E-state index is -0.633. The molecule has 36 heavy (non-hydrogen) atoms. The van der Waals surface area contributed by atoms with Crippen LogP contribution in [-0.2, 0) is 0 Å². The maximum absolute atomic E-state index is 13.8. The van der Waals surface area contributed by atoms with Gasteiger partial charge in [0.05, 0.1) is 25.3 Å². The first-order valence-corrected chi connectivity index (χ1v) is 12.2. The predicted octanol–water partition coefficient (Wildman–Crippen LogP) is 4.05. The van der Waals surface area contributed by atoms with Crippen molar-refractivity contribution in [3.63, 3.8) is 0 Å². The maximum Gasteiger partial charge on any atom is 0.142 e. The van der Waals surface area contributed by atoms with Gasteiger partial charge in [0.25, 0.3) is 0 Å². The third-order valence-electron chi connectivity index (χ3n) is 7.01. The number of nitrogens with zero attached hydrogens (tertiary/aromatic N) is 3. The highest BCUT2D eigenvalue weighted by molar-refractivity contribution is 5.83. The summed E-state index contributed by atoms with van der Waals surface area (Å²) in [5, 5.41) is 31.1. The number of hydrogen-bond donors (Lipinski definition) is 2. The highest BCUT2D eigenvalue weighted by atomic mass is 19.1. The lowest BCUT2D eigenvalue weighted by Crippen LogP contribution is -2.42. The Morgan fingerprint density at radius 2 is 2.11 bits per heavy atom. The molecule has 1 aliphatic heterocycles. The molecule has 1 saturated heterocycles. The van der Waals surface area contributed by atoms with Crippen molar-refractivity contribution < 1.29 is 19.3 Å². The Hall–Kier alpha value is -3.49. The lowest BCUT2D eigenvalue weighted by Gasteiger charge is -2.37. The van der Waals surface area contributed by atoms with E-state index >= 15 is 0 Å². The average molecular weight is 488 g/mol. The quantitative estimate of drug-likeness (QED) is 0.489. The Morgan fingerprint density at radius 3 is 2.89 bits per heavy atom. The summed E-state index contributed by atoms with van der Waals surface area (Å²) in [4.78, 5) is 6.57. The molecule has 0 spiro atoms. The Labute approximate surface area is 211 Å². The lowest BCUT2D eigenvalue weighted by atomic mass is 9.81. The van der Waals surface area contributed by atoms with Gasteiger partial charge < -0.3 is 14.9 Å². The molecule has 2 N–H and O–H groups in total. The van der Waals surface area contributed by atoms with E-state index < -0.39 is 11.9 Å². The molecule has 0 radical (unpaired) electrons. The number of aliphatic hydroxyl groups is 2. The molecule has 2 heterocycles. The highest BCUT2D eigenvalue weighted by Gasteiger charge is 2.29. The fraction of sp³-hybridized carbons (Fsp3) is 0.379. The molecule has 0 bridgehead atoms. The van der Waals surface area contributed by atoms with Crippen LogP contribution < -0.4 is 4.74 Å². The first-order chi connectivity index (χ1) is 17.5. The number of methoxy groups -OCH3 is 1. The van der Waals surface area contributed by atoms with Crippen LogP contribution in [0.3, 0.4) is 0 Å². The zero-order chi connectivity index (χ0) is 25.5. The molecular weight excluding hydrogens is 457 g/mol. The predicted molar refractivity (Wildman–Crippen MR) is 136 cm³/mol. The first kappa shape index (κ1) is 25.6. The average Bonchev–Trinajstić information content (AvgIpc) is 2.91. The molecule has 1 aliphatic rings. The summed E-state index contributed by atoms with van der Waals surface area (Å²) in [6.45, 7) is 2.09. The van der Waals surface area contributed by atoms with Crippen LogP contribution in [0.25, 0.3) is 10.9 Å². The van der Waals surface area contributed by atoms with Crippen molar-refractivity contribution in [1.29, 1.82) is 5.26 Å². The molecule has 0 saturated carbocycles. The standard InChI is InChI=1S/C29H30FN3O3/c1-36-23-8-9-28-25(16-23)24(11-13-32-28)29(35)10-7-20-12-15-33(18-22(20)19-34)14-3-5-21-4-2-6-27(30)26(21)17-31/h2,4,6,8-9,11,13,16,20,22,29,34-35H,7,10,12,14-15,18-19H2,1H3/t20-,22-,29+/m1/s1. The number of aromatic nitrogens is 1. The zero-order valence-electron chi connectivity index (χ0n) is 20.3. The van der Waals surface area contributed by atoms with Crippen LogP contribution in [0.2, 0.25) is 0 Å². The van der Waals surface area contributed by atoms with E-state index in [1.54, 1.807) is 25.4 Å². The SMILES string of the molecule is COc1ccc2nccc([C@@H](O)CC[C@@H]3CCN(CC#Cc4cccc(F)c4C#N)C[C@@H]3CO)c2c1. The number of likely N-dealkylation sites (tertiary alicyclic amines) is 1. The van der Waals surface area contributed by atoms with Crippen LogP contribution in [-0.4, -0.2) is 53.4 Å². The number of aliphatic hydroxyl groups excluding tert-OH is 2. The number of rotatable bonds is 7. The maximum atomic E-state index is 13.8. The third-order valence-corrected chi connectivity index (χ3v) is 7.01. The lowest BCUT2D eigenvalue weighted by molar-refractivity contribution is 0.0640. The van der Waals surface area contributed by atoms with E-state index in [0.29, 0.717) is 31.0 Å². The van der Waals surface area contributed by atoms with Gasteiger partial charge in [0.1, 0.15) is 23.2 Å². The fourth-order valence-electron chi connectivity index (χ4n) is 4.97. The van der Waals surface area contributed by atoms with Crippen LogP contribution in [0.1, 0.15) is 42.1 Å². The van der Waals surface area contributed by atoms with Crippen molar-refractivity contribution in [2.24, 2.45) is 11.8 Å². The van der Waals surface area contributed by atoms with E-state index in [4.69, 9.17) is 10.00 Å². The monoisotopic (exact) mass is 487 g/mol. The molecular formula is C29H30FN3O3. The second kappa shape index (κ2) is 12.0. The van der Waals surface area contributed by atoms with E-state index in [9.17, 15) is 14.6 Å². The number of benzene rings is 2. The van der Waals surface area contributed by atoms with Gasteiger partial charge >= 0.3 is 0 Å². The van der Waals surface area contributed by atoms with Gasteiger partial charge in [-0.15, -0.1) is 0 Å². The fourth-order valence-corrected chi connectivity index (χ4v) is 4.97. The smallest absolute Gasteiger partial charge is 0.142 e. The summed E-state index contributed by atoms with van der Waals surface area (Å²) in [5.41, 5.74) is 2.01. The molecule has 1 fully saturated rings. The largest absolute Gasteiger partial charge is 0.497 e. The van der Waals surface area contributed by atoms with Gasteiger partial charge in [-0.05, 0) is 79.6 Å². The third kappa shape index (κ3) is 5.83. The Morgan fingerprint density at radius 1 is 1.25 bits per heavy atom. The summed E-state index contributed by atoms with van der Waals surface area (Å²) in [7, 11) is 1.62. The summed E-state index contributed by atoms with van der Waals surface area (Å²) >= 11 is 0. The van der Waals surface area contributed by atoms with E-state index in [1.807, 2.05) is 30.3 Å². The van der Waals surface area contributed by atoms with E-state index in [0.717, 1.165) is 41.6 Å². The Bertz CT molecular complexity index is 1310. The molecule has 6 nitrogen and oxygen atoms in total. The van der Waals surface area contributed by atoms with E-state index in [2.05, 4.69) is 21.7 Å². The van der Waals surface area contributed by atoms with Gasteiger partial charge in [-0.2, -0.15) is 5.26 Å². The van der Waals surface area contributed by atoms with E-state index in [1.165, 1.54) is 6.07 Å². The number of piperidine rings is 1. The molecule has 0 unspecified atom stereocenters. The molecule has 2 aromatic carbocycles. The molecule has 3 atom stereocenters. The molecule has 1 aromatic heterocycles. The summed E-state index contributed by atoms with van der Waals surface area (Å²) in [5.74, 6) is 6.51. The minimum Gasteiger partial charge on any atom is -0.497 e. The Balaban J connectivity index is 1.35. The van der Waals surface area contributed by atoms with Gasteiger partial charge in [-0.1, -0.05) is 17.9 Å². The van der Waals surface area contributed by atoms with Crippen molar-refractivity contribution >= 4 is 10.9 Å². The number of ether oxygens (including phenoxy) is 1. The number of pyridine rings is 1. The van der Waals surface area contributed by atoms with Gasteiger partial charge in [0.15, 0.2) is 0 Å².